The van der Waals surface area contributed by atoms with E-state index in [1.54, 1.807) is 0 Å². The molecule has 0 saturated heterocycles. The van der Waals surface area contributed by atoms with Gasteiger partial charge in [-0.05, 0) is 34.9 Å². The molecule has 1 heteroatoms. The third-order valence-electron chi connectivity index (χ3n) is 4.41. The van der Waals surface area contributed by atoms with E-state index in [-0.39, 0.29) is 11.3 Å². The molecule has 0 aliphatic heterocycles. The number of aryl methyl sites for hydroxylation is 1. The lowest BCUT2D eigenvalue weighted by Crippen LogP contribution is -2.15. The van der Waals surface area contributed by atoms with Gasteiger partial charge in [0.15, 0.2) is 0 Å². The molecule has 0 radical (unpaired) electrons. The van der Waals surface area contributed by atoms with Crippen LogP contribution in [0.3, 0.4) is 0 Å². The summed E-state index contributed by atoms with van der Waals surface area (Å²) in [5.41, 5.74) is 4.00. The molecular formula is C22H28O. The first-order valence-electron chi connectivity index (χ1n) is 8.52. The van der Waals surface area contributed by atoms with Gasteiger partial charge in [-0.15, -0.1) is 0 Å². The monoisotopic (exact) mass is 308 g/mol. The van der Waals surface area contributed by atoms with Crippen molar-refractivity contribution >= 4 is 5.78 Å². The van der Waals surface area contributed by atoms with E-state index >= 15 is 0 Å². The highest BCUT2D eigenvalue weighted by atomic mass is 16.1. The van der Waals surface area contributed by atoms with Crippen molar-refractivity contribution in [2.45, 2.75) is 52.4 Å². The Balaban J connectivity index is 1.88. The molecule has 0 spiro atoms. The molecular weight excluding hydrogens is 280 g/mol. The van der Waals surface area contributed by atoms with Crippen LogP contribution in [0.4, 0.5) is 0 Å². The zero-order chi connectivity index (χ0) is 16.9. The number of hydrogen-bond donors (Lipinski definition) is 0. The van der Waals surface area contributed by atoms with Gasteiger partial charge in [-0.1, -0.05) is 82.3 Å². The predicted octanol–water partition coefficient (Wildman–Crippen LogP) is 5.36. The second-order valence-corrected chi connectivity index (χ2v) is 7.50. The first-order chi connectivity index (χ1) is 10.9. The predicted molar refractivity (Wildman–Crippen MR) is 97.8 cm³/mol. The molecule has 23 heavy (non-hydrogen) atoms. The molecule has 2 aromatic carbocycles. The van der Waals surface area contributed by atoms with Crippen molar-refractivity contribution in [2.75, 3.05) is 0 Å². The molecule has 0 aliphatic rings. The largest absolute Gasteiger partial charge is 0.299 e. The van der Waals surface area contributed by atoms with Crippen molar-refractivity contribution in [3.8, 4) is 0 Å². The van der Waals surface area contributed by atoms with Gasteiger partial charge in [0.05, 0.1) is 0 Å². The van der Waals surface area contributed by atoms with Crippen LogP contribution < -0.4 is 0 Å². The van der Waals surface area contributed by atoms with E-state index in [1.165, 1.54) is 16.7 Å². The minimum atomic E-state index is 0.0826. The van der Waals surface area contributed by atoms with Gasteiger partial charge in [-0.3, -0.25) is 4.79 Å². The van der Waals surface area contributed by atoms with E-state index < -0.39 is 0 Å². The summed E-state index contributed by atoms with van der Waals surface area (Å²) in [6.07, 6.45) is 2.30. The Labute approximate surface area is 140 Å². The Hall–Kier alpha value is -1.89. The summed E-state index contributed by atoms with van der Waals surface area (Å²) in [4.78, 5) is 12.3. The summed E-state index contributed by atoms with van der Waals surface area (Å²) in [5, 5.41) is 0. The molecule has 1 atom stereocenters. The molecule has 0 saturated carbocycles. The third-order valence-corrected chi connectivity index (χ3v) is 4.41. The van der Waals surface area contributed by atoms with Crippen molar-refractivity contribution in [3.63, 3.8) is 0 Å². The summed E-state index contributed by atoms with van der Waals surface area (Å²) in [5.74, 6) is 0.438. The normalized spacial score (nSPS) is 12.9. The van der Waals surface area contributed by atoms with Crippen LogP contribution in [0.2, 0.25) is 0 Å². The average molecular weight is 308 g/mol. The first-order valence-corrected chi connectivity index (χ1v) is 8.52. The molecule has 0 N–H and O–H groups in total. The third kappa shape index (κ3) is 5.35. The fraction of sp³-hybridized carbons (Fsp3) is 0.409. The molecule has 0 aromatic heterocycles. The molecule has 1 nitrogen and oxygen atoms in total. The summed E-state index contributed by atoms with van der Waals surface area (Å²) in [6.45, 7) is 8.71. The van der Waals surface area contributed by atoms with Gasteiger partial charge in [0.1, 0.15) is 5.78 Å². The smallest absolute Gasteiger partial charge is 0.136 e. The van der Waals surface area contributed by atoms with Crippen LogP contribution in [-0.4, -0.2) is 5.78 Å². The minimum Gasteiger partial charge on any atom is -0.299 e. The SMILES string of the molecule is CC(Cc1ccc(C(C)(C)C)cc1)C(=O)CCc1ccccc1. The van der Waals surface area contributed by atoms with Gasteiger partial charge in [-0.25, -0.2) is 0 Å². The zero-order valence-corrected chi connectivity index (χ0v) is 14.8. The highest BCUT2D eigenvalue weighted by Crippen LogP contribution is 2.23. The van der Waals surface area contributed by atoms with Gasteiger partial charge in [-0.2, -0.15) is 0 Å². The lowest BCUT2D eigenvalue weighted by Gasteiger charge is -2.19. The Kier molecular flexibility index (Phi) is 5.76. The lowest BCUT2D eigenvalue weighted by atomic mass is 9.85. The first kappa shape index (κ1) is 17.5. The molecule has 0 heterocycles. The molecule has 0 fully saturated rings. The van der Waals surface area contributed by atoms with Crippen LogP contribution in [0.1, 0.15) is 50.8 Å². The van der Waals surface area contributed by atoms with Gasteiger partial charge < -0.3 is 0 Å². The number of carbonyl (C=O) groups excluding carboxylic acids is 1. The quantitative estimate of drug-likeness (QED) is 0.701. The van der Waals surface area contributed by atoms with Gasteiger partial charge in [0.25, 0.3) is 0 Å². The fourth-order valence-electron chi connectivity index (χ4n) is 2.77. The Bertz CT molecular complexity index is 617. The van der Waals surface area contributed by atoms with Crippen LogP contribution in [0.25, 0.3) is 0 Å². The molecule has 2 aromatic rings. The molecule has 122 valence electrons. The number of rotatable bonds is 6. The molecule has 0 bridgehead atoms. The lowest BCUT2D eigenvalue weighted by molar-refractivity contribution is -0.122. The summed E-state index contributed by atoms with van der Waals surface area (Å²) >= 11 is 0. The number of hydrogen-bond acceptors (Lipinski definition) is 1. The number of benzene rings is 2. The van der Waals surface area contributed by atoms with Crippen LogP contribution in [-0.2, 0) is 23.1 Å². The molecule has 0 aliphatic carbocycles. The average Bonchev–Trinajstić information content (AvgIpc) is 2.53. The summed E-state index contributed by atoms with van der Waals surface area (Å²) < 4.78 is 0. The highest BCUT2D eigenvalue weighted by molar-refractivity contribution is 5.81. The van der Waals surface area contributed by atoms with E-state index in [9.17, 15) is 4.79 Å². The maximum absolute atomic E-state index is 12.3. The molecule has 2 rings (SSSR count). The van der Waals surface area contributed by atoms with E-state index in [4.69, 9.17) is 0 Å². The second kappa shape index (κ2) is 7.59. The second-order valence-electron chi connectivity index (χ2n) is 7.50. The Morgan fingerprint density at radius 2 is 1.52 bits per heavy atom. The van der Waals surface area contributed by atoms with Crippen LogP contribution in [0, 0.1) is 5.92 Å². The van der Waals surface area contributed by atoms with E-state index in [0.717, 1.165) is 12.8 Å². The summed E-state index contributed by atoms with van der Waals surface area (Å²) in [6, 6.07) is 19.0. The number of Topliss-reactive ketones (excluding diaryl/α,β-unsaturated/α-hetero) is 1. The van der Waals surface area contributed by atoms with Crippen molar-refractivity contribution in [1.82, 2.24) is 0 Å². The highest BCUT2D eigenvalue weighted by Gasteiger charge is 2.16. The molecule has 0 amide bonds. The van der Waals surface area contributed by atoms with E-state index in [1.807, 2.05) is 25.1 Å². The minimum absolute atomic E-state index is 0.0826. The van der Waals surface area contributed by atoms with Gasteiger partial charge in [0.2, 0.25) is 0 Å². The maximum atomic E-state index is 12.3. The number of ketones is 1. The van der Waals surface area contributed by atoms with Crippen LogP contribution >= 0.6 is 0 Å². The molecule has 1 unspecified atom stereocenters. The van der Waals surface area contributed by atoms with Crippen LogP contribution in [0.15, 0.2) is 54.6 Å². The maximum Gasteiger partial charge on any atom is 0.136 e. The Morgan fingerprint density at radius 3 is 2.09 bits per heavy atom. The van der Waals surface area contributed by atoms with Gasteiger partial charge in [0, 0.05) is 12.3 Å². The van der Waals surface area contributed by atoms with E-state index in [2.05, 4.69) is 57.2 Å². The van der Waals surface area contributed by atoms with Crippen molar-refractivity contribution < 1.29 is 4.79 Å². The van der Waals surface area contributed by atoms with Crippen molar-refractivity contribution in [1.29, 1.82) is 0 Å². The summed E-state index contributed by atoms with van der Waals surface area (Å²) in [7, 11) is 0. The number of carbonyl (C=O) groups is 1. The van der Waals surface area contributed by atoms with Crippen molar-refractivity contribution in [3.05, 3.63) is 71.3 Å². The topological polar surface area (TPSA) is 17.1 Å². The standard InChI is InChI=1S/C22H28O/c1-17(21(23)15-12-18-8-6-5-7-9-18)16-19-10-13-20(14-11-19)22(2,3)4/h5-11,13-14,17H,12,15-16H2,1-4H3. The zero-order valence-electron chi connectivity index (χ0n) is 14.8. The Morgan fingerprint density at radius 1 is 0.913 bits per heavy atom. The fourth-order valence-corrected chi connectivity index (χ4v) is 2.77. The van der Waals surface area contributed by atoms with Crippen LogP contribution in [0.5, 0.6) is 0 Å². The van der Waals surface area contributed by atoms with Crippen molar-refractivity contribution in [2.24, 2.45) is 5.92 Å². The van der Waals surface area contributed by atoms with E-state index in [0.29, 0.717) is 12.2 Å². The van der Waals surface area contributed by atoms with Gasteiger partial charge >= 0.3 is 0 Å².